The van der Waals surface area contributed by atoms with E-state index in [0.717, 1.165) is 24.0 Å². The second-order valence-corrected chi connectivity index (χ2v) is 9.12. The maximum atomic E-state index is 13.0. The van der Waals surface area contributed by atoms with Crippen LogP contribution in [0, 0.1) is 12.8 Å². The summed E-state index contributed by atoms with van der Waals surface area (Å²) < 4.78 is 16.4. The van der Waals surface area contributed by atoms with E-state index in [9.17, 15) is 14.4 Å². The maximum Gasteiger partial charge on any atom is 0.408 e. The monoisotopic (exact) mass is 431 g/mol. The van der Waals surface area contributed by atoms with Crippen molar-refractivity contribution in [3.05, 3.63) is 39.7 Å². The van der Waals surface area contributed by atoms with Gasteiger partial charge in [-0.1, -0.05) is 27.2 Å². The lowest BCUT2D eigenvalue weighted by atomic mass is 10.0. The van der Waals surface area contributed by atoms with Crippen molar-refractivity contribution < 1.29 is 23.5 Å². The first kappa shape index (κ1) is 24.4. The summed E-state index contributed by atoms with van der Waals surface area (Å²) in [6, 6.07) is 4.03. The van der Waals surface area contributed by atoms with Crippen LogP contribution < -0.4 is 15.7 Å². The molecule has 0 aliphatic heterocycles. The van der Waals surface area contributed by atoms with E-state index >= 15 is 0 Å². The van der Waals surface area contributed by atoms with Gasteiger partial charge in [0.15, 0.2) is 0 Å². The van der Waals surface area contributed by atoms with Crippen molar-refractivity contribution in [3.63, 3.8) is 0 Å². The lowest BCUT2D eigenvalue weighted by Gasteiger charge is -2.25. The van der Waals surface area contributed by atoms with Gasteiger partial charge in [-0.15, -0.1) is 0 Å². The molecule has 1 atom stereocenters. The molecule has 0 bridgehead atoms. The fourth-order valence-electron chi connectivity index (χ4n) is 3.22. The number of alkyl carbamates (subject to hydrolysis) is 1. The topological polar surface area (TPSA) is 94.8 Å². The van der Waals surface area contributed by atoms with E-state index in [0.29, 0.717) is 23.1 Å². The summed E-state index contributed by atoms with van der Waals surface area (Å²) in [5.74, 6) is -0.527. The molecule has 1 aromatic heterocycles. The maximum absolute atomic E-state index is 13.0. The van der Waals surface area contributed by atoms with E-state index in [1.54, 1.807) is 32.9 Å². The number of rotatable bonds is 7. The van der Waals surface area contributed by atoms with Gasteiger partial charge >= 0.3 is 17.7 Å². The Morgan fingerprint density at radius 1 is 1.16 bits per heavy atom. The summed E-state index contributed by atoms with van der Waals surface area (Å²) in [5.41, 5.74) is 0.814. The number of carbonyl (C=O) groups is 2. The number of benzene rings is 1. The minimum atomic E-state index is -0.903. The van der Waals surface area contributed by atoms with Gasteiger partial charge < -0.3 is 19.2 Å². The van der Waals surface area contributed by atoms with Gasteiger partial charge in [0.2, 0.25) is 0 Å². The minimum Gasteiger partial charge on any atom is -0.444 e. The van der Waals surface area contributed by atoms with E-state index in [2.05, 4.69) is 12.2 Å². The van der Waals surface area contributed by atoms with Crippen LogP contribution in [0.3, 0.4) is 0 Å². The van der Waals surface area contributed by atoms with Crippen LogP contribution in [0.4, 0.5) is 4.79 Å². The van der Waals surface area contributed by atoms with Crippen molar-refractivity contribution in [2.75, 3.05) is 0 Å². The number of nitrogens with one attached hydrogen (secondary N) is 1. The number of unbranched alkanes of at least 4 members (excludes halogenated alkanes) is 1. The van der Waals surface area contributed by atoms with Crippen molar-refractivity contribution in [1.82, 2.24) is 5.32 Å². The molecule has 1 unspecified atom stereocenters. The van der Waals surface area contributed by atoms with E-state index in [1.165, 1.54) is 6.07 Å². The van der Waals surface area contributed by atoms with Gasteiger partial charge in [-0.2, -0.15) is 0 Å². The largest absolute Gasteiger partial charge is 0.444 e. The molecule has 2 aromatic rings. The molecule has 170 valence electrons. The Bertz CT molecular complexity index is 1000. The van der Waals surface area contributed by atoms with Gasteiger partial charge in [0.25, 0.3) is 0 Å². The lowest BCUT2D eigenvalue weighted by Crippen LogP contribution is -2.48. The molecular weight excluding hydrogens is 398 g/mol. The zero-order valence-corrected chi connectivity index (χ0v) is 19.5. The molecule has 0 saturated heterocycles. The third-order valence-corrected chi connectivity index (χ3v) is 4.64. The number of hydrogen-bond donors (Lipinski definition) is 1. The Balaban J connectivity index is 2.40. The van der Waals surface area contributed by atoms with Crippen LogP contribution in [0.5, 0.6) is 5.75 Å². The Labute approximate surface area is 183 Å². The number of aryl methyl sites for hydroxylation is 2. The van der Waals surface area contributed by atoms with E-state index in [-0.39, 0.29) is 5.92 Å². The molecular formula is C24H33NO6. The molecule has 7 nitrogen and oxygen atoms in total. The SMILES string of the molecule is CCCCc1cc(=O)oc2cc(C)cc(OC(=O)C(NC(=O)OC(C)(C)C)C(C)C)c12. The average molecular weight is 432 g/mol. The third-order valence-electron chi connectivity index (χ3n) is 4.64. The molecule has 0 aliphatic carbocycles. The third kappa shape index (κ3) is 6.84. The molecule has 1 N–H and O–H groups in total. The Morgan fingerprint density at radius 2 is 1.84 bits per heavy atom. The average Bonchev–Trinajstić information content (AvgIpc) is 2.61. The molecule has 1 amide bonds. The molecule has 1 aromatic carbocycles. The molecule has 0 spiro atoms. The predicted octanol–water partition coefficient (Wildman–Crippen LogP) is 4.90. The molecule has 2 rings (SSSR count). The van der Waals surface area contributed by atoms with Crippen molar-refractivity contribution in [1.29, 1.82) is 0 Å². The Morgan fingerprint density at radius 3 is 2.42 bits per heavy atom. The number of carbonyl (C=O) groups excluding carboxylic acids is 2. The highest BCUT2D eigenvalue weighted by Gasteiger charge is 2.29. The molecule has 0 radical (unpaired) electrons. The van der Waals surface area contributed by atoms with Gasteiger partial charge in [-0.25, -0.2) is 14.4 Å². The van der Waals surface area contributed by atoms with Crippen LogP contribution in [-0.2, 0) is 16.0 Å². The summed E-state index contributed by atoms with van der Waals surface area (Å²) in [6.07, 6.45) is 1.81. The second-order valence-electron chi connectivity index (χ2n) is 9.12. The zero-order valence-electron chi connectivity index (χ0n) is 19.5. The number of fused-ring (bicyclic) bond motifs is 1. The number of hydrogen-bond acceptors (Lipinski definition) is 6. The van der Waals surface area contributed by atoms with Crippen LogP contribution >= 0.6 is 0 Å². The zero-order chi connectivity index (χ0) is 23.3. The number of amides is 1. The molecule has 7 heteroatoms. The second kappa shape index (κ2) is 9.98. The first-order valence-corrected chi connectivity index (χ1v) is 10.7. The van der Waals surface area contributed by atoms with Crippen LogP contribution in [0.1, 0.15) is 65.5 Å². The smallest absolute Gasteiger partial charge is 0.408 e. The lowest BCUT2D eigenvalue weighted by molar-refractivity contribution is -0.137. The van der Waals surface area contributed by atoms with Crippen LogP contribution in [0.15, 0.2) is 27.4 Å². The van der Waals surface area contributed by atoms with E-state index in [1.807, 2.05) is 20.8 Å². The van der Waals surface area contributed by atoms with Gasteiger partial charge in [0, 0.05) is 6.07 Å². The summed E-state index contributed by atoms with van der Waals surface area (Å²) in [7, 11) is 0. The molecule has 1 heterocycles. The van der Waals surface area contributed by atoms with Gasteiger partial charge in [-0.3, -0.25) is 0 Å². The molecule has 31 heavy (non-hydrogen) atoms. The van der Waals surface area contributed by atoms with E-state index < -0.39 is 29.3 Å². The number of ether oxygens (including phenoxy) is 2. The highest BCUT2D eigenvalue weighted by atomic mass is 16.6. The fraction of sp³-hybridized carbons (Fsp3) is 0.542. The van der Waals surface area contributed by atoms with Crippen molar-refractivity contribution >= 4 is 23.0 Å². The van der Waals surface area contributed by atoms with Crippen molar-refractivity contribution in [2.45, 2.75) is 79.4 Å². The van der Waals surface area contributed by atoms with E-state index in [4.69, 9.17) is 13.9 Å². The Hall–Kier alpha value is -2.83. The Kier molecular flexibility index (Phi) is 7.87. The van der Waals surface area contributed by atoms with Crippen molar-refractivity contribution in [2.24, 2.45) is 5.92 Å². The summed E-state index contributed by atoms with van der Waals surface area (Å²) in [6.45, 7) is 12.8. The highest BCUT2D eigenvalue weighted by molar-refractivity contribution is 5.91. The molecule has 0 saturated carbocycles. The summed E-state index contributed by atoms with van der Waals surface area (Å²) in [4.78, 5) is 37.2. The summed E-state index contributed by atoms with van der Waals surface area (Å²) in [5, 5.41) is 3.21. The first-order chi connectivity index (χ1) is 14.4. The summed E-state index contributed by atoms with van der Waals surface area (Å²) >= 11 is 0. The minimum absolute atomic E-state index is 0.228. The number of esters is 1. The van der Waals surface area contributed by atoms with Gasteiger partial charge in [-0.05, 0) is 69.7 Å². The fourth-order valence-corrected chi connectivity index (χ4v) is 3.22. The van der Waals surface area contributed by atoms with Crippen molar-refractivity contribution in [3.8, 4) is 5.75 Å². The highest BCUT2D eigenvalue weighted by Crippen LogP contribution is 2.31. The van der Waals surface area contributed by atoms with Gasteiger partial charge in [0.1, 0.15) is 23.0 Å². The first-order valence-electron chi connectivity index (χ1n) is 10.7. The normalized spacial score (nSPS) is 12.6. The van der Waals surface area contributed by atoms with Crippen LogP contribution in [0.2, 0.25) is 0 Å². The molecule has 0 fully saturated rings. The quantitative estimate of drug-likeness (QED) is 0.381. The van der Waals surface area contributed by atoms with Crippen LogP contribution in [-0.4, -0.2) is 23.7 Å². The molecule has 0 aliphatic rings. The predicted molar refractivity (Wildman–Crippen MR) is 119 cm³/mol. The van der Waals surface area contributed by atoms with Crippen LogP contribution in [0.25, 0.3) is 11.0 Å². The van der Waals surface area contributed by atoms with Gasteiger partial charge in [0.05, 0.1) is 5.39 Å². The standard InChI is InChI=1S/C24H33NO6/c1-8-9-10-16-13-19(26)29-17-11-15(4)12-18(20(16)17)30-22(27)21(14(2)3)25-23(28)31-24(5,6)7/h11-14,21H,8-10H2,1-7H3,(H,25,28).